The maximum Gasteiger partial charge on any atom is 0.0636 e. The summed E-state index contributed by atoms with van der Waals surface area (Å²) in [6, 6.07) is 12.9. The van der Waals surface area contributed by atoms with Crippen molar-refractivity contribution in [3.8, 4) is 0 Å². The van der Waals surface area contributed by atoms with Crippen LogP contribution < -0.4 is 11.1 Å². The molecule has 0 bridgehead atoms. The highest BCUT2D eigenvalue weighted by Crippen LogP contribution is 2.27. The van der Waals surface area contributed by atoms with E-state index in [1.807, 2.05) is 36.4 Å². The molecule has 100 valence electrons. The number of benzene rings is 2. The first kappa shape index (κ1) is 14.5. The van der Waals surface area contributed by atoms with Gasteiger partial charge in [-0.3, -0.25) is 0 Å². The van der Waals surface area contributed by atoms with Gasteiger partial charge in [0, 0.05) is 17.3 Å². The fourth-order valence-electron chi connectivity index (χ4n) is 1.79. The van der Waals surface area contributed by atoms with Gasteiger partial charge in [-0.2, -0.15) is 0 Å². The minimum atomic E-state index is -0.0479. The Morgan fingerprint density at radius 1 is 1.00 bits per heavy atom. The second kappa shape index (κ2) is 6.49. The predicted octanol–water partition coefficient (Wildman–Crippen LogP) is 4.76. The van der Waals surface area contributed by atoms with Crippen molar-refractivity contribution >= 4 is 40.5 Å². The van der Waals surface area contributed by atoms with E-state index in [0.29, 0.717) is 21.6 Å². The van der Waals surface area contributed by atoms with Crippen LogP contribution in [-0.4, -0.2) is 6.54 Å². The molecule has 0 fully saturated rings. The van der Waals surface area contributed by atoms with Crippen LogP contribution in [0.15, 0.2) is 42.5 Å². The summed E-state index contributed by atoms with van der Waals surface area (Å²) in [6.45, 7) is 0.435. The van der Waals surface area contributed by atoms with Crippen LogP contribution in [0.2, 0.25) is 15.1 Å². The average molecular weight is 316 g/mol. The van der Waals surface area contributed by atoms with Gasteiger partial charge >= 0.3 is 0 Å². The first-order chi connectivity index (χ1) is 9.10. The topological polar surface area (TPSA) is 38.0 Å². The van der Waals surface area contributed by atoms with Gasteiger partial charge in [0.05, 0.1) is 16.1 Å². The second-order valence-corrected chi connectivity index (χ2v) is 5.37. The number of hydrogen-bond acceptors (Lipinski definition) is 2. The van der Waals surface area contributed by atoms with Crippen LogP contribution in [0.1, 0.15) is 11.6 Å². The van der Waals surface area contributed by atoms with Gasteiger partial charge in [0.15, 0.2) is 0 Å². The summed E-state index contributed by atoms with van der Waals surface area (Å²) in [5.41, 5.74) is 7.70. The zero-order valence-electron chi connectivity index (χ0n) is 10.0. The minimum absolute atomic E-state index is 0.0479. The lowest BCUT2D eigenvalue weighted by atomic mass is 10.1. The van der Waals surface area contributed by atoms with Crippen molar-refractivity contribution in [2.24, 2.45) is 5.73 Å². The molecule has 2 aromatic rings. The molecule has 0 radical (unpaired) electrons. The first-order valence-corrected chi connectivity index (χ1v) is 6.90. The molecule has 0 amide bonds. The number of hydrogen-bond donors (Lipinski definition) is 2. The standard InChI is InChI=1S/C14H13Cl3N2/c15-10-2-1-3-11(7-10)19-14(8-18)9-4-5-12(16)13(17)6-9/h1-7,14,19H,8,18H2. The van der Waals surface area contributed by atoms with Crippen molar-refractivity contribution in [2.75, 3.05) is 11.9 Å². The van der Waals surface area contributed by atoms with Crippen LogP contribution in [0.3, 0.4) is 0 Å². The van der Waals surface area contributed by atoms with Gasteiger partial charge < -0.3 is 11.1 Å². The molecule has 2 aromatic carbocycles. The van der Waals surface area contributed by atoms with E-state index in [2.05, 4.69) is 5.32 Å². The summed E-state index contributed by atoms with van der Waals surface area (Å²) in [6.07, 6.45) is 0. The first-order valence-electron chi connectivity index (χ1n) is 5.77. The highest BCUT2D eigenvalue weighted by molar-refractivity contribution is 6.42. The Morgan fingerprint density at radius 3 is 2.42 bits per heavy atom. The maximum atomic E-state index is 6.02. The summed E-state index contributed by atoms with van der Waals surface area (Å²) in [5.74, 6) is 0. The van der Waals surface area contributed by atoms with Gasteiger partial charge in [-0.1, -0.05) is 46.9 Å². The van der Waals surface area contributed by atoms with E-state index in [1.54, 1.807) is 6.07 Å². The monoisotopic (exact) mass is 314 g/mol. The molecular weight excluding hydrogens is 303 g/mol. The van der Waals surface area contributed by atoms with E-state index >= 15 is 0 Å². The molecule has 0 aliphatic carbocycles. The van der Waals surface area contributed by atoms with Gasteiger partial charge in [-0.25, -0.2) is 0 Å². The number of nitrogens with one attached hydrogen (secondary N) is 1. The zero-order valence-corrected chi connectivity index (χ0v) is 12.3. The third kappa shape index (κ3) is 3.77. The predicted molar refractivity (Wildman–Crippen MR) is 83.3 cm³/mol. The lowest BCUT2D eigenvalue weighted by Gasteiger charge is -2.19. The molecule has 19 heavy (non-hydrogen) atoms. The highest BCUT2D eigenvalue weighted by atomic mass is 35.5. The molecule has 3 N–H and O–H groups in total. The molecule has 0 spiro atoms. The van der Waals surface area contributed by atoms with E-state index in [4.69, 9.17) is 40.5 Å². The molecule has 0 saturated carbocycles. The Morgan fingerprint density at radius 2 is 1.79 bits per heavy atom. The van der Waals surface area contributed by atoms with Crippen LogP contribution in [0.4, 0.5) is 5.69 Å². The van der Waals surface area contributed by atoms with Gasteiger partial charge in [0.25, 0.3) is 0 Å². The van der Waals surface area contributed by atoms with E-state index in [0.717, 1.165) is 11.3 Å². The molecule has 0 heterocycles. The lowest BCUT2D eigenvalue weighted by molar-refractivity contribution is 0.790. The fourth-order valence-corrected chi connectivity index (χ4v) is 2.28. The Labute approximate surface area is 127 Å². The molecule has 1 unspecified atom stereocenters. The van der Waals surface area contributed by atoms with Gasteiger partial charge in [0.1, 0.15) is 0 Å². The largest absolute Gasteiger partial charge is 0.377 e. The summed E-state index contributed by atoms with van der Waals surface area (Å²) in [7, 11) is 0. The second-order valence-electron chi connectivity index (χ2n) is 4.12. The summed E-state index contributed by atoms with van der Waals surface area (Å²) >= 11 is 17.9. The van der Waals surface area contributed by atoms with Crippen LogP contribution in [-0.2, 0) is 0 Å². The molecule has 0 aliphatic heterocycles. The van der Waals surface area contributed by atoms with Crippen molar-refractivity contribution in [2.45, 2.75) is 6.04 Å². The molecule has 2 rings (SSSR count). The fraction of sp³-hybridized carbons (Fsp3) is 0.143. The van der Waals surface area contributed by atoms with Crippen molar-refractivity contribution in [3.05, 3.63) is 63.1 Å². The number of halogens is 3. The Kier molecular flexibility index (Phi) is 4.94. The SMILES string of the molecule is NCC(Nc1cccc(Cl)c1)c1ccc(Cl)c(Cl)c1. The zero-order chi connectivity index (χ0) is 13.8. The summed E-state index contributed by atoms with van der Waals surface area (Å²) < 4.78 is 0. The third-order valence-corrected chi connectivity index (χ3v) is 3.72. The maximum absolute atomic E-state index is 6.02. The number of anilines is 1. The van der Waals surface area contributed by atoms with Gasteiger partial charge in [-0.05, 0) is 35.9 Å². The van der Waals surface area contributed by atoms with Crippen molar-refractivity contribution in [1.82, 2.24) is 0 Å². The highest BCUT2D eigenvalue weighted by Gasteiger charge is 2.11. The summed E-state index contributed by atoms with van der Waals surface area (Å²) in [4.78, 5) is 0. The number of nitrogens with two attached hydrogens (primary N) is 1. The normalized spacial score (nSPS) is 12.2. The van der Waals surface area contributed by atoms with Crippen molar-refractivity contribution < 1.29 is 0 Å². The van der Waals surface area contributed by atoms with Crippen LogP contribution in [0, 0.1) is 0 Å². The Bertz CT molecular complexity index is 572. The van der Waals surface area contributed by atoms with Crippen LogP contribution in [0.25, 0.3) is 0 Å². The van der Waals surface area contributed by atoms with Crippen molar-refractivity contribution in [1.29, 1.82) is 0 Å². The number of rotatable bonds is 4. The molecule has 0 aromatic heterocycles. The molecular formula is C14H13Cl3N2. The van der Waals surface area contributed by atoms with Gasteiger partial charge in [0.2, 0.25) is 0 Å². The summed E-state index contributed by atoms with van der Waals surface area (Å²) in [5, 5.41) is 5.05. The van der Waals surface area contributed by atoms with E-state index in [-0.39, 0.29) is 6.04 Å². The van der Waals surface area contributed by atoms with E-state index in [9.17, 15) is 0 Å². The molecule has 5 heteroatoms. The van der Waals surface area contributed by atoms with Crippen LogP contribution >= 0.6 is 34.8 Å². The van der Waals surface area contributed by atoms with Crippen LogP contribution in [0.5, 0.6) is 0 Å². The quantitative estimate of drug-likeness (QED) is 0.853. The lowest BCUT2D eigenvalue weighted by Crippen LogP contribution is -2.20. The van der Waals surface area contributed by atoms with Gasteiger partial charge in [-0.15, -0.1) is 0 Å². The minimum Gasteiger partial charge on any atom is -0.377 e. The smallest absolute Gasteiger partial charge is 0.0636 e. The van der Waals surface area contributed by atoms with E-state index in [1.165, 1.54) is 0 Å². The van der Waals surface area contributed by atoms with Crippen molar-refractivity contribution in [3.63, 3.8) is 0 Å². The molecule has 1 atom stereocenters. The molecule has 2 nitrogen and oxygen atoms in total. The third-order valence-electron chi connectivity index (χ3n) is 2.75. The average Bonchev–Trinajstić information content (AvgIpc) is 2.39. The Hall–Kier alpha value is -0.930. The molecule has 0 saturated heterocycles. The Balaban J connectivity index is 2.22. The van der Waals surface area contributed by atoms with E-state index < -0.39 is 0 Å². The molecule has 0 aliphatic rings.